The van der Waals surface area contributed by atoms with Crippen molar-refractivity contribution in [3.05, 3.63) is 230 Å². The van der Waals surface area contributed by atoms with E-state index in [-0.39, 0.29) is 19.1 Å². The van der Waals surface area contributed by atoms with Crippen LogP contribution in [0.5, 0.6) is 0 Å². The molecule has 2 nitrogen and oxygen atoms in total. The van der Waals surface area contributed by atoms with Crippen LogP contribution >= 0.6 is 11.8 Å². The van der Waals surface area contributed by atoms with Crippen molar-refractivity contribution in [1.82, 2.24) is 0 Å². The van der Waals surface area contributed by atoms with Gasteiger partial charge in [0.05, 0.1) is 5.69 Å². The standard InChI is InChI=1S/C60H36B2F2N2S/c63-48-27-16-28-49(64)57(48)66-50-29-14-12-25-44(50)61-46-35-40(37-17-4-1-5-18-37)31-33-51(46)65-52-34-32-41(38-19-6-2-7-20-38)36-47(52)62-45-26-13-15-30-53(45)67-60-54(58(66)55(61)59(65)56(60)62)43-24-11-10-23-42(43)39-21-8-3-9-22-39/h1-36H. The molecule has 0 bridgehead atoms. The van der Waals surface area contributed by atoms with Gasteiger partial charge in [-0.15, -0.1) is 0 Å². The Hall–Kier alpha value is -7.86. The van der Waals surface area contributed by atoms with E-state index in [1.165, 1.54) is 34.6 Å². The highest BCUT2D eigenvalue weighted by Crippen LogP contribution is 2.55. The van der Waals surface area contributed by atoms with Gasteiger partial charge in [-0.25, -0.2) is 8.78 Å². The molecule has 312 valence electrons. The van der Waals surface area contributed by atoms with Crippen LogP contribution in [0.25, 0.3) is 44.5 Å². The molecule has 0 saturated heterocycles. The third kappa shape index (κ3) is 5.58. The minimum Gasteiger partial charge on any atom is -0.312 e. The molecule has 0 unspecified atom stereocenters. The summed E-state index contributed by atoms with van der Waals surface area (Å²) in [6, 6.07) is 75.5. The molecular formula is C60H36B2F2N2S. The highest BCUT2D eigenvalue weighted by Gasteiger charge is 2.52. The van der Waals surface area contributed by atoms with Crippen LogP contribution in [0.1, 0.15) is 0 Å². The predicted molar refractivity (Wildman–Crippen MR) is 277 cm³/mol. The number of halogens is 2. The molecule has 0 N–H and O–H groups in total. The summed E-state index contributed by atoms with van der Waals surface area (Å²) < 4.78 is 34.1. The van der Waals surface area contributed by atoms with E-state index in [0.717, 1.165) is 99.1 Å². The molecule has 0 amide bonds. The summed E-state index contributed by atoms with van der Waals surface area (Å²) in [6.45, 7) is -0.435. The molecule has 67 heavy (non-hydrogen) atoms. The summed E-state index contributed by atoms with van der Waals surface area (Å²) in [5, 5.41) is 0. The maximum atomic E-state index is 17.0. The van der Waals surface area contributed by atoms with Gasteiger partial charge in [0.1, 0.15) is 17.3 Å². The minimum absolute atomic E-state index is 0.0907. The van der Waals surface area contributed by atoms with Crippen molar-refractivity contribution in [2.24, 2.45) is 0 Å². The summed E-state index contributed by atoms with van der Waals surface area (Å²) in [4.78, 5) is 6.67. The average Bonchev–Trinajstić information content (AvgIpc) is 3.39. The largest absolute Gasteiger partial charge is 0.312 e. The fraction of sp³-hybridized carbons (Fsp3) is 0. The number of benzene rings is 10. The van der Waals surface area contributed by atoms with Crippen molar-refractivity contribution in [2.75, 3.05) is 9.80 Å². The average molecular weight is 877 g/mol. The van der Waals surface area contributed by atoms with Crippen molar-refractivity contribution in [1.29, 1.82) is 0 Å². The van der Waals surface area contributed by atoms with E-state index in [4.69, 9.17) is 0 Å². The number of para-hydroxylation sites is 2. The molecule has 0 fully saturated rings. The van der Waals surface area contributed by atoms with E-state index in [1.807, 2.05) is 23.1 Å². The second-order valence-electron chi connectivity index (χ2n) is 17.7. The smallest absolute Gasteiger partial charge is 0.252 e. The first-order chi connectivity index (χ1) is 33.1. The predicted octanol–water partition coefficient (Wildman–Crippen LogP) is 12.0. The lowest BCUT2D eigenvalue weighted by molar-refractivity contribution is 0.586. The number of anilines is 6. The highest BCUT2D eigenvalue weighted by molar-refractivity contribution is 8.00. The van der Waals surface area contributed by atoms with Gasteiger partial charge in [-0.2, -0.15) is 0 Å². The first-order valence-electron chi connectivity index (χ1n) is 22.8. The molecule has 0 saturated carbocycles. The lowest BCUT2D eigenvalue weighted by Gasteiger charge is -2.50. The second-order valence-corrected chi connectivity index (χ2v) is 18.8. The van der Waals surface area contributed by atoms with Crippen molar-refractivity contribution < 1.29 is 8.78 Å². The van der Waals surface area contributed by atoms with Crippen LogP contribution in [-0.4, -0.2) is 13.4 Å². The molecule has 4 heterocycles. The van der Waals surface area contributed by atoms with Gasteiger partial charge >= 0.3 is 0 Å². The molecule has 14 rings (SSSR count). The quantitative estimate of drug-likeness (QED) is 0.159. The third-order valence-corrected chi connectivity index (χ3v) is 15.5. The topological polar surface area (TPSA) is 6.48 Å². The van der Waals surface area contributed by atoms with Crippen LogP contribution < -0.4 is 42.6 Å². The Balaban J connectivity index is 1.20. The number of nitrogens with zero attached hydrogens (tertiary/aromatic N) is 2. The lowest BCUT2D eigenvalue weighted by Crippen LogP contribution is -2.68. The summed E-state index contributed by atoms with van der Waals surface area (Å²) >= 11 is 1.78. The van der Waals surface area contributed by atoms with E-state index in [0.29, 0.717) is 0 Å². The lowest BCUT2D eigenvalue weighted by atomic mass is 9.29. The molecule has 0 atom stereocenters. The van der Waals surface area contributed by atoms with Crippen LogP contribution in [0.15, 0.2) is 228 Å². The van der Waals surface area contributed by atoms with Gasteiger partial charge in [-0.1, -0.05) is 199 Å². The van der Waals surface area contributed by atoms with Crippen LogP contribution in [-0.2, 0) is 0 Å². The fourth-order valence-electron chi connectivity index (χ4n) is 11.5. The second kappa shape index (κ2) is 14.8. The summed E-state index contributed by atoms with van der Waals surface area (Å²) in [5.74, 6) is -1.24. The first kappa shape index (κ1) is 38.4. The molecule has 4 aliphatic rings. The van der Waals surface area contributed by atoms with Crippen LogP contribution in [0.4, 0.5) is 42.9 Å². The Kier molecular flexibility index (Phi) is 8.50. The Morgan fingerprint density at radius 2 is 0.851 bits per heavy atom. The zero-order chi connectivity index (χ0) is 44.3. The number of hydrogen-bond acceptors (Lipinski definition) is 3. The molecule has 7 heteroatoms. The number of hydrogen-bond donors (Lipinski definition) is 0. The van der Waals surface area contributed by atoms with E-state index < -0.39 is 11.6 Å². The molecule has 0 aliphatic carbocycles. The maximum Gasteiger partial charge on any atom is 0.252 e. The van der Waals surface area contributed by atoms with Gasteiger partial charge in [0.15, 0.2) is 0 Å². The maximum absolute atomic E-state index is 17.0. The van der Waals surface area contributed by atoms with Crippen molar-refractivity contribution in [2.45, 2.75) is 9.79 Å². The molecule has 10 aromatic carbocycles. The van der Waals surface area contributed by atoms with E-state index in [1.54, 1.807) is 11.8 Å². The van der Waals surface area contributed by atoms with E-state index in [2.05, 4.69) is 187 Å². The highest BCUT2D eigenvalue weighted by atomic mass is 32.2. The molecule has 0 aromatic heterocycles. The molecule has 0 spiro atoms. The van der Waals surface area contributed by atoms with Gasteiger partial charge in [-0.3, -0.25) is 0 Å². The summed E-state index contributed by atoms with van der Waals surface area (Å²) in [7, 11) is 0. The monoisotopic (exact) mass is 876 g/mol. The fourth-order valence-corrected chi connectivity index (χ4v) is 12.8. The van der Waals surface area contributed by atoms with E-state index >= 15 is 8.78 Å². The van der Waals surface area contributed by atoms with Crippen LogP contribution in [0.2, 0.25) is 0 Å². The third-order valence-electron chi connectivity index (χ3n) is 14.2. The Morgan fingerprint density at radius 3 is 1.49 bits per heavy atom. The Bertz CT molecular complexity index is 3650. The van der Waals surface area contributed by atoms with Crippen LogP contribution in [0.3, 0.4) is 0 Å². The van der Waals surface area contributed by atoms with Gasteiger partial charge in [0.25, 0.3) is 6.71 Å². The van der Waals surface area contributed by atoms with Gasteiger partial charge in [-0.05, 0) is 103 Å². The Labute approximate surface area is 393 Å². The number of fused-ring (bicyclic) bond motifs is 10. The summed E-state index contributed by atoms with van der Waals surface area (Å²) in [6.07, 6.45) is 0. The normalized spacial score (nSPS) is 13.3. The SMILES string of the molecule is Fc1cccc(F)c1N1c2ccccc2B2c3cc(-c4ccccc4)ccc3N3c4ccc(-c5ccccc5)cc4B4c5ccccc5Sc5c4c3c2c1c5-c1ccccc1-c1ccccc1. The number of rotatable bonds is 5. The zero-order valence-electron chi connectivity index (χ0n) is 36.0. The van der Waals surface area contributed by atoms with Gasteiger partial charge in [0.2, 0.25) is 6.71 Å². The van der Waals surface area contributed by atoms with Crippen molar-refractivity contribution in [3.63, 3.8) is 0 Å². The molecule has 0 radical (unpaired) electrons. The minimum atomic E-state index is -0.622. The first-order valence-corrected chi connectivity index (χ1v) is 23.6. The summed E-state index contributed by atoms with van der Waals surface area (Å²) in [5.41, 5.74) is 20.2. The Morgan fingerprint density at radius 1 is 0.343 bits per heavy atom. The van der Waals surface area contributed by atoms with Crippen LogP contribution in [0, 0.1) is 11.6 Å². The van der Waals surface area contributed by atoms with Gasteiger partial charge in [0, 0.05) is 38.1 Å². The van der Waals surface area contributed by atoms with Gasteiger partial charge < -0.3 is 9.80 Å². The van der Waals surface area contributed by atoms with Crippen molar-refractivity contribution in [3.8, 4) is 44.5 Å². The van der Waals surface area contributed by atoms with E-state index in [9.17, 15) is 0 Å². The molecular weight excluding hydrogens is 840 g/mol. The molecule has 4 aliphatic heterocycles. The zero-order valence-corrected chi connectivity index (χ0v) is 36.8. The van der Waals surface area contributed by atoms with Crippen molar-refractivity contribution >= 4 is 92.1 Å². The molecule has 10 aromatic rings.